The fraction of sp³-hybridized carbons (Fsp3) is 0.464. The molecule has 1 amide bonds. The van der Waals surface area contributed by atoms with Gasteiger partial charge in [0, 0.05) is 18.5 Å². The Morgan fingerprint density at radius 3 is 2.62 bits per heavy atom. The summed E-state index contributed by atoms with van der Waals surface area (Å²) in [5.41, 5.74) is 4.99. The van der Waals surface area contributed by atoms with Gasteiger partial charge in [-0.1, -0.05) is 26.0 Å². The second-order valence-electron chi connectivity index (χ2n) is 11.0. The van der Waals surface area contributed by atoms with Crippen molar-refractivity contribution < 1.29 is 22.3 Å². The number of anilines is 2. The summed E-state index contributed by atoms with van der Waals surface area (Å²) in [6, 6.07) is 7.37. The number of carbonyl (C=O) groups is 1. The lowest BCUT2D eigenvalue weighted by Crippen LogP contribution is -2.50. The van der Waals surface area contributed by atoms with Crippen molar-refractivity contribution in [3.05, 3.63) is 65.6 Å². The second-order valence-corrected chi connectivity index (χ2v) is 12.6. The molecule has 0 radical (unpaired) electrons. The summed E-state index contributed by atoms with van der Waals surface area (Å²) < 4.78 is 49.0. The van der Waals surface area contributed by atoms with Crippen molar-refractivity contribution in [1.82, 2.24) is 14.7 Å². The maximum absolute atomic E-state index is 14.6. The fourth-order valence-corrected chi connectivity index (χ4v) is 6.53. The van der Waals surface area contributed by atoms with Crippen LogP contribution in [-0.4, -0.2) is 43.0 Å². The van der Waals surface area contributed by atoms with Crippen LogP contribution < -0.4 is 15.4 Å². The largest absolute Gasteiger partial charge is 0.384 e. The topological polar surface area (TPSA) is 128 Å². The summed E-state index contributed by atoms with van der Waals surface area (Å²) in [5.74, 6) is -0.541. The lowest BCUT2D eigenvalue weighted by molar-refractivity contribution is -0.0327. The van der Waals surface area contributed by atoms with Crippen molar-refractivity contribution in [2.24, 2.45) is 5.92 Å². The van der Waals surface area contributed by atoms with Crippen LogP contribution in [0.15, 0.2) is 59.4 Å². The Kier molecular flexibility index (Phi) is 7.23. The Morgan fingerprint density at radius 2 is 1.95 bits per heavy atom. The second kappa shape index (κ2) is 10.3. The number of pyridine rings is 2. The van der Waals surface area contributed by atoms with Gasteiger partial charge in [-0.2, -0.15) is 8.42 Å². The molecule has 3 N–H and O–H groups in total. The molecule has 3 aliphatic rings. The summed E-state index contributed by atoms with van der Waals surface area (Å²) in [7, 11) is -4.29. The minimum atomic E-state index is -4.29. The summed E-state index contributed by atoms with van der Waals surface area (Å²) in [6.45, 7) is 5.10. The van der Waals surface area contributed by atoms with E-state index in [-0.39, 0.29) is 40.1 Å². The molecule has 5 rings (SSSR count). The van der Waals surface area contributed by atoms with Gasteiger partial charge in [0.15, 0.2) is 5.03 Å². The third kappa shape index (κ3) is 5.29. The number of allylic oxidation sites excluding steroid dienone is 2. The average Bonchev–Trinajstić information content (AvgIpc) is 3.33. The smallest absolute Gasteiger partial charge is 0.281 e. The molecule has 0 aromatic carbocycles. The minimum absolute atomic E-state index is 0.0190. The first kappa shape index (κ1) is 27.3. The van der Waals surface area contributed by atoms with Crippen molar-refractivity contribution in [3.63, 3.8) is 0 Å². The molecule has 1 aliphatic heterocycles. The van der Waals surface area contributed by atoms with Gasteiger partial charge >= 0.3 is 0 Å². The number of carbonyl (C=O) groups excluding carboxylic acids is 1. The number of nitrogens with two attached hydrogens (primary N) is 1. The Hall–Kier alpha value is -3.31. The molecule has 1 unspecified atom stereocenters. The van der Waals surface area contributed by atoms with Crippen molar-refractivity contribution >= 4 is 27.6 Å². The molecule has 2 aliphatic carbocycles. The molecular weight excluding hydrogens is 521 g/mol. The zero-order chi connectivity index (χ0) is 27.8. The molecule has 2 aromatic rings. The highest BCUT2D eigenvalue weighted by Crippen LogP contribution is 2.48. The van der Waals surface area contributed by atoms with Crippen LogP contribution in [0.1, 0.15) is 68.4 Å². The van der Waals surface area contributed by atoms with Gasteiger partial charge in [0.05, 0.1) is 17.9 Å². The summed E-state index contributed by atoms with van der Waals surface area (Å²) in [5, 5.41) is -0.353. The number of sulfonamides is 1. The van der Waals surface area contributed by atoms with E-state index in [9.17, 15) is 17.6 Å². The Labute approximate surface area is 228 Å². The first-order chi connectivity index (χ1) is 18.5. The predicted molar refractivity (Wildman–Crippen MR) is 146 cm³/mol. The van der Waals surface area contributed by atoms with Crippen LogP contribution >= 0.6 is 0 Å². The standard InChI is InChI=1S/C28H34FN5O4S/c1-19(2)18-38-28(15-4-7-20(29)17-28)22-11-10-21(25(31-22)34-16-6-14-27(34)12-5-13-27)26(35)33-39(36,37)24-9-3-8-23(30)32-24/h3-4,7-11,15,19H,5-6,12-14,16-18H2,1-2H3,(H2,30,32)(H,33,35). The predicted octanol–water partition coefficient (Wildman–Crippen LogP) is 4.38. The normalized spacial score (nSPS) is 22.2. The van der Waals surface area contributed by atoms with E-state index < -0.39 is 21.5 Å². The molecular formula is C28H34FN5O4S. The molecule has 2 fully saturated rings. The van der Waals surface area contributed by atoms with E-state index in [0.717, 1.165) is 32.1 Å². The summed E-state index contributed by atoms with van der Waals surface area (Å²) in [4.78, 5) is 24.4. The number of aromatic nitrogens is 2. The molecule has 1 spiro atoms. The van der Waals surface area contributed by atoms with Gasteiger partial charge in [-0.15, -0.1) is 0 Å². The van der Waals surface area contributed by atoms with Crippen LogP contribution in [0.2, 0.25) is 0 Å². The van der Waals surface area contributed by atoms with Gasteiger partial charge in [-0.3, -0.25) is 4.79 Å². The molecule has 2 aromatic heterocycles. The van der Waals surface area contributed by atoms with E-state index in [1.54, 1.807) is 24.3 Å². The quantitative estimate of drug-likeness (QED) is 0.491. The van der Waals surface area contributed by atoms with E-state index in [2.05, 4.69) is 14.6 Å². The molecule has 11 heteroatoms. The molecule has 39 heavy (non-hydrogen) atoms. The van der Waals surface area contributed by atoms with Gasteiger partial charge in [-0.25, -0.2) is 19.1 Å². The maximum Gasteiger partial charge on any atom is 0.281 e. The van der Waals surface area contributed by atoms with E-state index in [1.807, 2.05) is 13.8 Å². The van der Waals surface area contributed by atoms with Crippen molar-refractivity contribution in [3.8, 4) is 0 Å². The van der Waals surface area contributed by atoms with Crippen LogP contribution in [0, 0.1) is 5.92 Å². The number of halogens is 1. The molecule has 1 saturated carbocycles. The average molecular weight is 556 g/mol. The van der Waals surface area contributed by atoms with Crippen molar-refractivity contribution in [1.29, 1.82) is 0 Å². The number of hydrogen-bond donors (Lipinski definition) is 2. The number of nitrogens with zero attached hydrogens (tertiary/aromatic N) is 3. The minimum Gasteiger partial charge on any atom is -0.384 e. The Bertz CT molecular complexity index is 1440. The third-order valence-corrected chi connectivity index (χ3v) is 8.92. The van der Waals surface area contributed by atoms with Gasteiger partial charge in [-0.05, 0) is 74.4 Å². The van der Waals surface area contributed by atoms with E-state index in [0.29, 0.717) is 24.7 Å². The third-order valence-electron chi connectivity index (χ3n) is 7.69. The highest BCUT2D eigenvalue weighted by atomic mass is 32.2. The van der Waals surface area contributed by atoms with Gasteiger partial charge < -0.3 is 15.4 Å². The zero-order valence-corrected chi connectivity index (χ0v) is 23.0. The maximum atomic E-state index is 14.6. The van der Waals surface area contributed by atoms with Crippen LogP contribution in [-0.2, 0) is 20.4 Å². The molecule has 3 heterocycles. The van der Waals surface area contributed by atoms with Crippen LogP contribution in [0.25, 0.3) is 0 Å². The highest BCUT2D eigenvalue weighted by Gasteiger charge is 2.48. The number of nitrogen functional groups attached to an aromatic ring is 1. The lowest BCUT2D eigenvalue weighted by atomic mass is 9.74. The monoisotopic (exact) mass is 555 g/mol. The van der Waals surface area contributed by atoms with Crippen molar-refractivity contribution in [2.75, 3.05) is 23.8 Å². The van der Waals surface area contributed by atoms with Gasteiger partial charge in [0.25, 0.3) is 15.9 Å². The zero-order valence-electron chi connectivity index (χ0n) is 22.2. The highest BCUT2D eigenvalue weighted by molar-refractivity contribution is 7.90. The molecule has 1 atom stereocenters. The number of nitrogens with one attached hydrogen (secondary N) is 1. The molecule has 208 valence electrons. The van der Waals surface area contributed by atoms with E-state index in [1.165, 1.54) is 24.3 Å². The number of amides is 1. The summed E-state index contributed by atoms with van der Waals surface area (Å²) >= 11 is 0. The SMILES string of the molecule is CC(C)COC1(c2ccc(C(=O)NS(=O)(=O)c3cccc(N)n3)c(N3CCCC34CCC4)n2)C=CC=C(F)C1. The lowest BCUT2D eigenvalue weighted by Gasteiger charge is -2.47. The van der Waals surface area contributed by atoms with Gasteiger partial charge in [0.2, 0.25) is 0 Å². The molecule has 0 bridgehead atoms. The number of rotatable bonds is 8. The van der Waals surface area contributed by atoms with Crippen LogP contribution in [0.5, 0.6) is 0 Å². The van der Waals surface area contributed by atoms with Crippen LogP contribution in [0.3, 0.4) is 0 Å². The Balaban J connectivity index is 1.57. The van der Waals surface area contributed by atoms with Gasteiger partial charge in [0.1, 0.15) is 23.1 Å². The number of ether oxygens (including phenoxy) is 1. The first-order valence-corrected chi connectivity index (χ1v) is 14.8. The molecule has 1 saturated heterocycles. The van der Waals surface area contributed by atoms with E-state index in [4.69, 9.17) is 15.5 Å². The molecule has 9 nitrogen and oxygen atoms in total. The summed E-state index contributed by atoms with van der Waals surface area (Å²) in [6.07, 6.45) is 9.72. The Morgan fingerprint density at radius 1 is 1.18 bits per heavy atom. The van der Waals surface area contributed by atoms with Crippen LogP contribution in [0.4, 0.5) is 16.0 Å². The van der Waals surface area contributed by atoms with E-state index >= 15 is 0 Å². The first-order valence-electron chi connectivity index (χ1n) is 13.3. The fourth-order valence-electron chi connectivity index (χ4n) is 5.59. The number of hydrogen-bond acceptors (Lipinski definition) is 8. The van der Waals surface area contributed by atoms with Crippen molar-refractivity contribution in [2.45, 2.75) is 68.5 Å².